The third-order valence-corrected chi connectivity index (χ3v) is 3.89. The Morgan fingerprint density at radius 2 is 2.00 bits per heavy atom. The van der Waals surface area contributed by atoms with Crippen molar-refractivity contribution >= 4 is 0 Å². The molecule has 16 heavy (non-hydrogen) atoms. The van der Waals surface area contributed by atoms with Crippen LogP contribution < -0.4 is 14.8 Å². The van der Waals surface area contributed by atoms with E-state index in [4.69, 9.17) is 9.47 Å². The zero-order chi connectivity index (χ0) is 11.3. The molecule has 1 aliphatic carbocycles. The summed E-state index contributed by atoms with van der Waals surface area (Å²) in [6.45, 7) is 4.94. The summed E-state index contributed by atoms with van der Waals surface area (Å²) in [6, 6.07) is 6.84. The van der Waals surface area contributed by atoms with Crippen LogP contribution >= 0.6 is 0 Å². The van der Waals surface area contributed by atoms with Crippen LogP contribution in [0.1, 0.15) is 25.3 Å². The van der Waals surface area contributed by atoms with Gasteiger partial charge in [0.15, 0.2) is 11.5 Å². The molecule has 0 bridgehead atoms. The van der Waals surface area contributed by atoms with Gasteiger partial charge in [-0.25, -0.2) is 0 Å². The second-order valence-electron chi connectivity index (χ2n) is 5.18. The number of likely N-dealkylation sites (N-methyl/N-ethyl adjacent to an activating group) is 1. The van der Waals surface area contributed by atoms with Gasteiger partial charge in [-0.3, -0.25) is 0 Å². The molecule has 0 saturated heterocycles. The van der Waals surface area contributed by atoms with E-state index in [0.717, 1.165) is 11.5 Å². The highest BCUT2D eigenvalue weighted by molar-refractivity contribution is 5.48. The maximum atomic E-state index is 5.41. The number of hydrogen-bond acceptors (Lipinski definition) is 3. The maximum Gasteiger partial charge on any atom is 0.231 e. The molecule has 1 aromatic carbocycles. The number of nitrogens with one attached hydrogen (secondary N) is 1. The molecule has 2 atom stereocenters. The molecule has 3 nitrogen and oxygen atoms in total. The third kappa shape index (κ3) is 1.24. The highest BCUT2D eigenvalue weighted by Crippen LogP contribution is 2.59. The molecule has 1 fully saturated rings. The highest BCUT2D eigenvalue weighted by Gasteiger charge is 2.57. The molecular weight excluding hydrogens is 202 g/mol. The Morgan fingerprint density at radius 1 is 1.25 bits per heavy atom. The first-order valence-electron chi connectivity index (χ1n) is 5.71. The summed E-state index contributed by atoms with van der Waals surface area (Å²) in [7, 11) is 2.03. The topological polar surface area (TPSA) is 30.5 Å². The maximum absolute atomic E-state index is 5.41. The number of hydrogen-bond donors (Lipinski definition) is 1. The summed E-state index contributed by atoms with van der Waals surface area (Å²) in [5, 5.41) is 3.37. The van der Waals surface area contributed by atoms with E-state index in [9.17, 15) is 0 Å². The SMILES string of the molecule is CNC1C(c2ccc3c(c2)OCO3)C1(C)C. The van der Waals surface area contributed by atoms with Crippen LogP contribution in [-0.4, -0.2) is 19.9 Å². The zero-order valence-corrected chi connectivity index (χ0v) is 9.91. The molecule has 3 rings (SSSR count). The quantitative estimate of drug-likeness (QED) is 0.826. The summed E-state index contributed by atoms with van der Waals surface area (Å²) >= 11 is 0. The summed E-state index contributed by atoms with van der Waals surface area (Å²) in [5.41, 5.74) is 1.68. The second-order valence-corrected chi connectivity index (χ2v) is 5.18. The minimum absolute atomic E-state index is 0.336. The number of fused-ring (bicyclic) bond motifs is 1. The van der Waals surface area contributed by atoms with Gasteiger partial charge in [-0.05, 0) is 30.2 Å². The summed E-state index contributed by atoms with van der Waals surface area (Å²) < 4.78 is 10.7. The zero-order valence-electron chi connectivity index (χ0n) is 9.91. The van der Waals surface area contributed by atoms with Gasteiger partial charge in [0.2, 0.25) is 6.79 Å². The van der Waals surface area contributed by atoms with Crippen molar-refractivity contribution < 1.29 is 9.47 Å². The van der Waals surface area contributed by atoms with Gasteiger partial charge in [-0.15, -0.1) is 0 Å². The van der Waals surface area contributed by atoms with Crippen LogP contribution in [0.4, 0.5) is 0 Å². The Kier molecular flexibility index (Phi) is 1.96. The molecule has 0 amide bonds. The molecule has 1 heterocycles. The van der Waals surface area contributed by atoms with E-state index in [-0.39, 0.29) is 0 Å². The number of benzene rings is 1. The molecule has 1 saturated carbocycles. The van der Waals surface area contributed by atoms with Gasteiger partial charge in [0.25, 0.3) is 0 Å². The summed E-state index contributed by atoms with van der Waals surface area (Å²) in [5.74, 6) is 2.32. The predicted molar refractivity (Wildman–Crippen MR) is 61.9 cm³/mol. The van der Waals surface area contributed by atoms with E-state index >= 15 is 0 Å². The fourth-order valence-electron chi connectivity index (χ4n) is 2.91. The van der Waals surface area contributed by atoms with Crippen LogP contribution in [0, 0.1) is 5.41 Å². The Morgan fingerprint density at radius 3 is 2.69 bits per heavy atom. The predicted octanol–water partition coefficient (Wildman–Crippen LogP) is 2.13. The smallest absolute Gasteiger partial charge is 0.231 e. The van der Waals surface area contributed by atoms with Crippen LogP contribution in [-0.2, 0) is 0 Å². The Bertz CT molecular complexity index is 428. The molecule has 3 heteroatoms. The lowest BCUT2D eigenvalue weighted by molar-refractivity contribution is 0.174. The molecule has 0 spiro atoms. The van der Waals surface area contributed by atoms with Crippen molar-refractivity contribution in [2.75, 3.05) is 13.8 Å². The Balaban J connectivity index is 1.92. The Hall–Kier alpha value is -1.22. The molecule has 86 valence electrons. The second kappa shape index (κ2) is 3.14. The van der Waals surface area contributed by atoms with Crippen LogP contribution in [0.5, 0.6) is 11.5 Å². The van der Waals surface area contributed by atoms with Crippen LogP contribution in [0.15, 0.2) is 18.2 Å². The first-order valence-corrected chi connectivity index (χ1v) is 5.71. The van der Waals surface area contributed by atoms with Gasteiger partial charge < -0.3 is 14.8 Å². The van der Waals surface area contributed by atoms with Gasteiger partial charge in [0.1, 0.15) is 0 Å². The third-order valence-electron chi connectivity index (χ3n) is 3.89. The fraction of sp³-hybridized carbons (Fsp3) is 0.538. The van der Waals surface area contributed by atoms with Crippen LogP contribution in [0.3, 0.4) is 0 Å². The minimum atomic E-state index is 0.336. The van der Waals surface area contributed by atoms with E-state index in [1.807, 2.05) is 13.1 Å². The molecule has 0 aromatic heterocycles. The average Bonchev–Trinajstić information content (AvgIpc) is 2.62. The van der Waals surface area contributed by atoms with Crippen molar-refractivity contribution in [3.05, 3.63) is 23.8 Å². The fourth-order valence-corrected chi connectivity index (χ4v) is 2.91. The molecule has 0 radical (unpaired) electrons. The first kappa shape index (κ1) is 9.97. The lowest BCUT2D eigenvalue weighted by Crippen LogP contribution is -2.14. The van der Waals surface area contributed by atoms with Gasteiger partial charge in [0, 0.05) is 12.0 Å². The van der Waals surface area contributed by atoms with Gasteiger partial charge in [0.05, 0.1) is 0 Å². The number of rotatable bonds is 2. The van der Waals surface area contributed by atoms with Crippen molar-refractivity contribution in [1.82, 2.24) is 5.32 Å². The van der Waals surface area contributed by atoms with Crippen molar-refractivity contribution in [3.63, 3.8) is 0 Å². The van der Waals surface area contributed by atoms with Gasteiger partial charge in [-0.1, -0.05) is 19.9 Å². The van der Waals surface area contributed by atoms with Crippen LogP contribution in [0.2, 0.25) is 0 Å². The lowest BCUT2D eigenvalue weighted by atomic mass is 10.0. The lowest BCUT2D eigenvalue weighted by Gasteiger charge is -2.03. The van der Waals surface area contributed by atoms with E-state index in [0.29, 0.717) is 24.2 Å². The summed E-state index contributed by atoms with van der Waals surface area (Å²) in [6.07, 6.45) is 0. The van der Waals surface area contributed by atoms with E-state index in [2.05, 4.69) is 31.3 Å². The molecular formula is C13H17NO2. The minimum Gasteiger partial charge on any atom is -0.454 e. The van der Waals surface area contributed by atoms with Crippen molar-refractivity contribution in [2.24, 2.45) is 5.41 Å². The Labute approximate surface area is 95.8 Å². The first-order chi connectivity index (χ1) is 7.64. The van der Waals surface area contributed by atoms with Crippen LogP contribution in [0.25, 0.3) is 0 Å². The summed E-state index contributed by atoms with van der Waals surface area (Å²) in [4.78, 5) is 0. The molecule has 1 aromatic rings. The van der Waals surface area contributed by atoms with Gasteiger partial charge in [-0.2, -0.15) is 0 Å². The molecule has 1 aliphatic heterocycles. The van der Waals surface area contributed by atoms with Crippen molar-refractivity contribution in [1.29, 1.82) is 0 Å². The van der Waals surface area contributed by atoms with Crippen molar-refractivity contribution in [2.45, 2.75) is 25.8 Å². The monoisotopic (exact) mass is 219 g/mol. The van der Waals surface area contributed by atoms with E-state index in [1.165, 1.54) is 5.56 Å². The highest BCUT2D eigenvalue weighted by atomic mass is 16.7. The molecule has 1 N–H and O–H groups in total. The van der Waals surface area contributed by atoms with Crippen molar-refractivity contribution in [3.8, 4) is 11.5 Å². The van der Waals surface area contributed by atoms with E-state index < -0.39 is 0 Å². The normalized spacial score (nSPS) is 29.2. The number of ether oxygens (including phenoxy) is 2. The molecule has 2 aliphatic rings. The average molecular weight is 219 g/mol. The molecule has 2 unspecified atom stereocenters. The standard InChI is InChI=1S/C13H17NO2/c1-13(2)11(12(13)14-3)8-4-5-9-10(6-8)16-7-15-9/h4-6,11-12,14H,7H2,1-3H3. The largest absolute Gasteiger partial charge is 0.454 e. The van der Waals surface area contributed by atoms with Gasteiger partial charge >= 0.3 is 0 Å². The van der Waals surface area contributed by atoms with E-state index in [1.54, 1.807) is 0 Å².